The van der Waals surface area contributed by atoms with E-state index in [0.29, 0.717) is 17.1 Å². The van der Waals surface area contributed by atoms with Crippen LogP contribution in [0.1, 0.15) is 30.9 Å². The average molecular weight is 239 g/mol. The van der Waals surface area contributed by atoms with E-state index in [1.165, 1.54) is 6.07 Å². The molecule has 1 aromatic carbocycles. The van der Waals surface area contributed by atoms with Crippen LogP contribution in [0.15, 0.2) is 12.1 Å². The Morgan fingerprint density at radius 1 is 1.24 bits per heavy atom. The molecule has 1 atom stereocenters. The number of hydrogen-bond acceptors (Lipinski definition) is 3. The van der Waals surface area contributed by atoms with Gasteiger partial charge in [0, 0.05) is 6.04 Å². The summed E-state index contributed by atoms with van der Waals surface area (Å²) in [4.78, 5) is 0. The number of ether oxygens (including phenoxy) is 2. The molecule has 0 bridgehead atoms. The van der Waals surface area contributed by atoms with Gasteiger partial charge in [-0.15, -0.1) is 0 Å². The summed E-state index contributed by atoms with van der Waals surface area (Å²) in [6, 6.07) is 3.06. The van der Waals surface area contributed by atoms with Crippen molar-refractivity contribution in [3.8, 4) is 11.5 Å². The quantitative estimate of drug-likeness (QED) is 0.879. The van der Waals surface area contributed by atoms with E-state index in [-0.39, 0.29) is 11.9 Å². The standard InChI is InChI=1S/C13H18FNO2/c1-16-11-7-6-9(14)12(13(11)17-2)10-5-3-4-8-15-10/h6-7,10,15H,3-5,8H2,1-2H3. The van der Waals surface area contributed by atoms with Gasteiger partial charge in [-0.05, 0) is 31.5 Å². The van der Waals surface area contributed by atoms with Gasteiger partial charge in [-0.2, -0.15) is 0 Å². The van der Waals surface area contributed by atoms with Gasteiger partial charge in [0.25, 0.3) is 0 Å². The second-order valence-corrected chi connectivity index (χ2v) is 4.20. The molecule has 0 aromatic heterocycles. The molecular formula is C13H18FNO2. The molecule has 0 spiro atoms. The summed E-state index contributed by atoms with van der Waals surface area (Å²) in [5.74, 6) is 0.852. The first-order valence-corrected chi connectivity index (χ1v) is 5.91. The smallest absolute Gasteiger partial charge is 0.168 e. The van der Waals surface area contributed by atoms with Crippen LogP contribution in [0.2, 0.25) is 0 Å². The summed E-state index contributed by atoms with van der Waals surface area (Å²) in [5, 5.41) is 3.33. The van der Waals surface area contributed by atoms with Gasteiger partial charge in [0.2, 0.25) is 0 Å². The maximum Gasteiger partial charge on any atom is 0.168 e. The summed E-state index contributed by atoms with van der Waals surface area (Å²) >= 11 is 0. The normalized spacial score (nSPS) is 20.1. The van der Waals surface area contributed by atoms with Crippen molar-refractivity contribution in [1.29, 1.82) is 0 Å². The van der Waals surface area contributed by atoms with E-state index in [1.807, 2.05) is 0 Å². The SMILES string of the molecule is COc1ccc(F)c(C2CCCCN2)c1OC. The molecule has 0 amide bonds. The number of benzene rings is 1. The van der Waals surface area contributed by atoms with Crippen molar-refractivity contribution in [1.82, 2.24) is 5.32 Å². The molecule has 4 heteroatoms. The minimum Gasteiger partial charge on any atom is -0.493 e. The van der Waals surface area contributed by atoms with Crippen LogP contribution in [0.3, 0.4) is 0 Å². The van der Waals surface area contributed by atoms with E-state index >= 15 is 0 Å². The minimum atomic E-state index is -0.234. The molecule has 1 aliphatic heterocycles. The lowest BCUT2D eigenvalue weighted by Gasteiger charge is -2.26. The van der Waals surface area contributed by atoms with Crippen LogP contribution >= 0.6 is 0 Å². The molecule has 1 aliphatic rings. The van der Waals surface area contributed by atoms with Crippen LogP contribution in [-0.2, 0) is 0 Å². The highest BCUT2D eigenvalue weighted by molar-refractivity contribution is 5.49. The number of halogens is 1. The third kappa shape index (κ3) is 2.36. The third-order valence-corrected chi connectivity index (χ3v) is 3.19. The monoisotopic (exact) mass is 239 g/mol. The topological polar surface area (TPSA) is 30.5 Å². The number of rotatable bonds is 3. The molecule has 1 saturated heterocycles. The van der Waals surface area contributed by atoms with Gasteiger partial charge in [0.15, 0.2) is 11.5 Å². The Morgan fingerprint density at radius 2 is 2.06 bits per heavy atom. The molecule has 1 aromatic rings. The molecule has 1 heterocycles. The highest BCUT2D eigenvalue weighted by Gasteiger charge is 2.24. The Morgan fingerprint density at radius 3 is 2.65 bits per heavy atom. The lowest BCUT2D eigenvalue weighted by atomic mass is 9.96. The number of methoxy groups -OCH3 is 2. The predicted molar refractivity (Wildman–Crippen MR) is 64.1 cm³/mol. The van der Waals surface area contributed by atoms with Gasteiger partial charge in [-0.1, -0.05) is 6.42 Å². The Hall–Kier alpha value is -1.29. The zero-order valence-electron chi connectivity index (χ0n) is 10.3. The molecule has 1 fully saturated rings. The molecular weight excluding hydrogens is 221 g/mol. The van der Waals surface area contributed by atoms with Crippen LogP contribution in [0.25, 0.3) is 0 Å². The van der Waals surface area contributed by atoms with Crippen molar-refractivity contribution >= 4 is 0 Å². The van der Waals surface area contributed by atoms with Crippen LogP contribution in [0, 0.1) is 5.82 Å². The van der Waals surface area contributed by atoms with E-state index < -0.39 is 0 Å². The van der Waals surface area contributed by atoms with Gasteiger partial charge in [0.1, 0.15) is 5.82 Å². The van der Waals surface area contributed by atoms with Crippen molar-refractivity contribution < 1.29 is 13.9 Å². The Kier molecular flexibility index (Phi) is 3.84. The van der Waals surface area contributed by atoms with Gasteiger partial charge in [-0.3, -0.25) is 0 Å². The maximum absolute atomic E-state index is 14.0. The van der Waals surface area contributed by atoms with E-state index in [1.54, 1.807) is 20.3 Å². The number of hydrogen-bond donors (Lipinski definition) is 1. The molecule has 1 N–H and O–H groups in total. The van der Waals surface area contributed by atoms with E-state index in [0.717, 1.165) is 25.8 Å². The van der Waals surface area contributed by atoms with Gasteiger partial charge < -0.3 is 14.8 Å². The van der Waals surface area contributed by atoms with Crippen LogP contribution < -0.4 is 14.8 Å². The number of nitrogens with one attached hydrogen (secondary N) is 1. The lowest BCUT2D eigenvalue weighted by molar-refractivity contribution is 0.331. The second-order valence-electron chi connectivity index (χ2n) is 4.20. The van der Waals surface area contributed by atoms with Crippen molar-refractivity contribution in [2.75, 3.05) is 20.8 Å². The van der Waals surface area contributed by atoms with Crippen molar-refractivity contribution in [3.63, 3.8) is 0 Å². The third-order valence-electron chi connectivity index (χ3n) is 3.19. The van der Waals surface area contributed by atoms with Crippen LogP contribution in [0.5, 0.6) is 11.5 Å². The summed E-state index contributed by atoms with van der Waals surface area (Å²) in [7, 11) is 3.11. The summed E-state index contributed by atoms with van der Waals surface area (Å²) < 4.78 is 24.5. The molecule has 94 valence electrons. The van der Waals surface area contributed by atoms with Gasteiger partial charge in [-0.25, -0.2) is 4.39 Å². The Labute approximate surface area is 101 Å². The Bertz CT molecular complexity index is 389. The van der Waals surface area contributed by atoms with E-state index in [2.05, 4.69) is 5.32 Å². The zero-order chi connectivity index (χ0) is 12.3. The first-order chi connectivity index (χ1) is 8.27. The number of piperidine rings is 1. The van der Waals surface area contributed by atoms with Crippen molar-refractivity contribution in [2.24, 2.45) is 0 Å². The first-order valence-electron chi connectivity index (χ1n) is 5.91. The fourth-order valence-corrected chi connectivity index (χ4v) is 2.35. The molecule has 0 radical (unpaired) electrons. The Balaban J connectivity index is 2.41. The summed E-state index contributed by atoms with van der Waals surface area (Å²) in [6.45, 7) is 0.921. The summed E-state index contributed by atoms with van der Waals surface area (Å²) in [6.07, 6.45) is 3.18. The lowest BCUT2D eigenvalue weighted by Crippen LogP contribution is -2.28. The van der Waals surface area contributed by atoms with E-state index in [9.17, 15) is 4.39 Å². The highest BCUT2D eigenvalue weighted by Crippen LogP contribution is 2.39. The molecule has 2 rings (SSSR count). The predicted octanol–water partition coefficient (Wildman–Crippen LogP) is 2.66. The molecule has 0 aliphatic carbocycles. The van der Waals surface area contributed by atoms with Crippen molar-refractivity contribution in [3.05, 3.63) is 23.5 Å². The first kappa shape index (κ1) is 12.2. The summed E-state index contributed by atoms with van der Waals surface area (Å²) in [5.41, 5.74) is 0.589. The molecule has 0 saturated carbocycles. The van der Waals surface area contributed by atoms with Crippen LogP contribution in [-0.4, -0.2) is 20.8 Å². The maximum atomic E-state index is 14.0. The minimum absolute atomic E-state index is 0.0220. The molecule has 1 unspecified atom stereocenters. The fourth-order valence-electron chi connectivity index (χ4n) is 2.35. The molecule has 3 nitrogen and oxygen atoms in total. The van der Waals surface area contributed by atoms with Crippen molar-refractivity contribution in [2.45, 2.75) is 25.3 Å². The zero-order valence-corrected chi connectivity index (χ0v) is 10.3. The van der Waals surface area contributed by atoms with Crippen LogP contribution in [0.4, 0.5) is 4.39 Å². The largest absolute Gasteiger partial charge is 0.493 e. The van der Waals surface area contributed by atoms with Gasteiger partial charge >= 0.3 is 0 Å². The van der Waals surface area contributed by atoms with E-state index in [4.69, 9.17) is 9.47 Å². The second kappa shape index (κ2) is 5.36. The molecule has 17 heavy (non-hydrogen) atoms. The fraction of sp³-hybridized carbons (Fsp3) is 0.538. The average Bonchev–Trinajstić information content (AvgIpc) is 2.39. The highest BCUT2D eigenvalue weighted by atomic mass is 19.1. The van der Waals surface area contributed by atoms with Gasteiger partial charge in [0.05, 0.1) is 19.8 Å².